The molecule has 0 spiro atoms. The van der Waals surface area contributed by atoms with E-state index in [0.717, 1.165) is 22.0 Å². The molecule has 1 heterocycles. The summed E-state index contributed by atoms with van der Waals surface area (Å²) >= 11 is 0. The molecule has 2 aromatic carbocycles. The van der Waals surface area contributed by atoms with Gasteiger partial charge in [-0.05, 0) is 36.2 Å². The normalized spacial score (nSPS) is 10.5. The molecule has 0 saturated carbocycles. The number of pyridine rings is 1. The van der Waals surface area contributed by atoms with Crippen molar-refractivity contribution in [3.63, 3.8) is 0 Å². The SMILES string of the molecule is O=C(NCCc1ccc(F)cc1)Nc1cccc2cnccc12. The number of amides is 2. The van der Waals surface area contributed by atoms with Crippen molar-refractivity contribution in [2.24, 2.45) is 0 Å². The number of nitrogens with one attached hydrogen (secondary N) is 2. The Bertz CT molecular complexity index is 813. The van der Waals surface area contributed by atoms with Crippen LogP contribution in [0.4, 0.5) is 14.9 Å². The summed E-state index contributed by atoms with van der Waals surface area (Å²) in [5.41, 5.74) is 1.71. The summed E-state index contributed by atoms with van der Waals surface area (Å²) in [4.78, 5) is 16.1. The zero-order chi connectivity index (χ0) is 16.1. The Morgan fingerprint density at radius 2 is 1.91 bits per heavy atom. The number of hydrogen-bond acceptors (Lipinski definition) is 2. The molecule has 0 unspecified atom stereocenters. The molecule has 2 N–H and O–H groups in total. The molecule has 0 aliphatic rings. The lowest BCUT2D eigenvalue weighted by atomic mass is 10.1. The highest BCUT2D eigenvalue weighted by Gasteiger charge is 2.05. The van der Waals surface area contributed by atoms with E-state index >= 15 is 0 Å². The van der Waals surface area contributed by atoms with Gasteiger partial charge < -0.3 is 10.6 Å². The minimum absolute atomic E-state index is 0.259. The van der Waals surface area contributed by atoms with E-state index in [2.05, 4.69) is 15.6 Å². The number of carbonyl (C=O) groups excluding carboxylic acids is 1. The van der Waals surface area contributed by atoms with Crippen LogP contribution in [0.5, 0.6) is 0 Å². The number of nitrogens with zero attached hydrogens (tertiary/aromatic N) is 1. The molecule has 4 nitrogen and oxygen atoms in total. The van der Waals surface area contributed by atoms with Gasteiger partial charge in [-0.3, -0.25) is 4.98 Å². The first-order valence-electron chi connectivity index (χ1n) is 7.34. The number of anilines is 1. The number of hydrogen-bond donors (Lipinski definition) is 2. The van der Waals surface area contributed by atoms with Gasteiger partial charge in [0.2, 0.25) is 0 Å². The van der Waals surface area contributed by atoms with E-state index in [1.165, 1.54) is 12.1 Å². The van der Waals surface area contributed by atoms with Gasteiger partial charge in [-0.15, -0.1) is 0 Å². The van der Waals surface area contributed by atoms with Gasteiger partial charge >= 0.3 is 6.03 Å². The fourth-order valence-electron chi connectivity index (χ4n) is 2.37. The summed E-state index contributed by atoms with van der Waals surface area (Å²) in [6, 6.07) is 13.5. The number of benzene rings is 2. The summed E-state index contributed by atoms with van der Waals surface area (Å²) < 4.78 is 12.8. The van der Waals surface area contributed by atoms with Crippen molar-refractivity contribution in [2.75, 3.05) is 11.9 Å². The molecule has 0 bridgehead atoms. The van der Waals surface area contributed by atoms with E-state index < -0.39 is 0 Å². The standard InChI is InChI=1S/C18H16FN3O/c19-15-6-4-13(5-7-15)8-11-21-18(23)22-17-3-1-2-14-12-20-10-9-16(14)17/h1-7,9-10,12H,8,11H2,(H2,21,22,23). The molecule has 0 fully saturated rings. The molecule has 3 aromatic rings. The van der Waals surface area contributed by atoms with Gasteiger partial charge in [-0.2, -0.15) is 0 Å². The summed E-state index contributed by atoms with van der Waals surface area (Å²) in [7, 11) is 0. The van der Waals surface area contributed by atoms with Gasteiger partial charge in [0.1, 0.15) is 5.82 Å². The van der Waals surface area contributed by atoms with E-state index in [1.54, 1.807) is 24.5 Å². The van der Waals surface area contributed by atoms with E-state index in [0.29, 0.717) is 13.0 Å². The minimum atomic E-state index is -0.267. The Hall–Kier alpha value is -2.95. The predicted octanol–water partition coefficient (Wildman–Crippen LogP) is 3.74. The molecule has 0 atom stereocenters. The third-order valence-corrected chi connectivity index (χ3v) is 3.54. The molecule has 0 saturated heterocycles. The number of urea groups is 1. The maximum absolute atomic E-state index is 12.8. The van der Waals surface area contributed by atoms with Crippen LogP contribution in [0.15, 0.2) is 60.9 Å². The Balaban J connectivity index is 1.57. The van der Waals surface area contributed by atoms with Crippen LogP contribution >= 0.6 is 0 Å². The van der Waals surface area contributed by atoms with Gasteiger partial charge in [-0.25, -0.2) is 9.18 Å². The third-order valence-electron chi connectivity index (χ3n) is 3.54. The third kappa shape index (κ3) is 3.83. The van der Waals surface area contributed by atoms with Gasteiger partial charge in [0.15, 0.2) is 0 Å². The summed E-state index contributed by atoms with van der Waals surface area (Å²) in [5.74, 6) is -0.259. The van der Waals surface area contributed by atoms with Crippen LogP contribution < -0.4 is 10.6 Å². The number of rotatable bonds is 4. The van der Waals surface area contributed by atoms with E-state index in [4.69, 9.17) is 0 Å². The Kier molecular flexibility index (Phi) is 4.47. The highest BCUT2D eigenvalue weighted by molar-refractivity contribution is 6.01. The zero-order valence-electron chi connectivity index (χ0n) is 12.4. The van der Waals surface area contributed by atoms with Crippen molar-refractivity contribution in [3.8, 4) is 0 Å². The monoisotopic (exact) mass is 309 g/mol. The molecule has 3 rings (SSSR count). The number of halogens is 1. The molecule has 2 amide bonds. The highest BCUT2D eigenvalue weighted by atomic mass is 19.1. The summed E-state index contributed by atoms with van der Waals surface area (Å²) in [5, 5.41) is 7.55. The molecule has 23 heavy (non-hydrogen) atoms. The summed E-state index contributed by atoms with van der Waals surface area (Å²) in [6.07, 6.45) is 4.10. The van der Waals surface area contributed by atoms with Crippen molar-refractivity contribution in [1.82, 2.24) is 10.3 Å². The fraction of sp³-hybridized carbons (Fsp3) is 0.111. The zero-order valence-corrected chi connectivity index (χ0v) is 12.4. The van der Waals surface area contributed by atoms with Crippen LogP contribution in [-0.2, 0) is 6.42 Å². The first kappa shape index (κ1) is 15.0. The molecular weight excluding hydrogens is 293 g/mol. The minimum Gasteiger partial charge on any atom is -0.338 e. The second kappa shape index (κ2) is 6.87. The van der Waals surface area contributed by atoms with Crippen molar-refractivity contribution >= 4 is 22.5 Å². The van der Waals surface area contributed by atoms with E-state index in [1.807, 2.05) is 24.3 Å². The van der Waals surface area contributed by atoms with Crippen LogP contribution in [0.1, 0.15) is 5.56 Å². The number of carbonyl (C=O) groups is 1. The van der Waals surface area contributed by atoms with Crippen LogP contribution in [0.3, 0.4) is 0 Å². The average molecular weight is 309 g/mol. The van der Waals surface area contributed by atoms with E-state index in [9.17, 15) is 9.18 Å². The van der Waals surface area contributed by atoms with Crippen LogP contribution in [0.25, 0.3) is 10.8 Å². The maximum atomic E-state index is 12.8. The lowest BCUT2D eigenvalue weighted by Gasteiger charge is -2.10. The number of aromatic nitrogens is 1. The molecular formula is C18H16FN3O. The lowest BCUT2D eigenvalue weighted by molar-refractivity contribution is 0.252. The second-order valence-corrected chi connectivity index (χ2v) is 5.16. The van der Waals surface area contributed by atoms with Gasteiger partial charge in [-0.1, -0.05) is 24.3 Å². The smallest absolute Gasteiger partial charge is 0.319 e. The van der Waals surface area contributed by atoms with Crippen LogP contribution in [-0.4, -0.2) is 17.6 Å². The number of fused-ring (bicyclic) bond motifs is 1. The van der Waals surface area contributed by atoms with Crippen LogP contribution in [0, 0.1) is 5.82 Å². The Morgan fingerprint density at radius 3 is 2.74 bits per heavy atom. The Morgan fingerprint density at radius 1 is 1.09 bits per heavy atom. The molecule has 0 radical (unpaired) electrons. The van der Waals surface area contributed by atoms with Crippen molar-refractivity contribution < 1.29 is 9.18 Å². The fourth-order valence-corrected chi connectivity index (χ4v) is 2.37. The van der Waals surface area contributed by atoms with E-state index in [-0.39, 0.29) is 11.8 Å². The topological polar surface area (TPSA) is 54.0 Å². The lowest BCUT2D eigenvalue weighted by Crippen LogP contribution is -2.30. The Labute approximate surface area is 133 Å². The van der Waals surface area contributed by atoms with Gasteiger partial charge in [0.05, 0.1) is 5.69 Å². The second-order valence-electron chi connectivity index (χ2n) is 5.16. The molecule has 0 aliphatic heterocycles. The molecule has 5 heteroatoms. The summed E-state index contributed by atoms with van der Waals surface area (Å²) in [6.45, 7) is 0.476. The molecule has 0 aliphatic carbocycles. The van der Waals surface area contributed by atoms with Crippen molar-refractivity contribution in [2.45, 2.75) is 6.42 Å². The largest absolute Gasteiger partial charge is 0.338 e. The van der Waals surface area contributed by atoms with Crippen molar-refractivity contribution in [3.05, 3.63) is 72.3 Å². The molecule has 1 aromatic heterocycles. The average Bonchev–Trinajstić information content (AvgIpc) is 2.57. The molecule has 116 valence electrons. The maximum Gasteiger partial charge on any atom is 0.319 e. The highest BCUT2D eigenvalue weighted by Crippen LogP contribution is 2.21. The first-order chi connectivity index (χ1) is 11.2. The first-order valence-corrected chi connectivity index (χ1v) is 7.34. The van der Waals surface area contributed by atoms with Crippen molar-refractivity contribution in [1.29, 1.82) is 0 Å². The van der Waals surface area contributed by atoms with Gasteiger partial charge in [0.25, 0.3) is 0 Å². The van der Waals surface area contributed by atoms with Crippen LogP contribution in [0.2, 0.25) is 0 Å². The van der Waals surface area contributed by atoms with Gasteiger partial charge in [0, 0.05) is 29.7 Å². The predicted molar refractivity (Wildman–Crippen MR) is 88.9 cm³/mol. The quantitative estimate of drug-likeness (QED) is 0.771.